The third-order valence-electron chi connectivity index (χ3n) is 3.74. The Hall–Kier alpha value is -2.01. The van der Waals surface area contributed by atoms with Crippen LogP contribution in [0.3, 0.4) is 0 Å². The standard InChI is InChI=1S/C16H16ClNO4/c1-2-21-16(20)14-13(19)8-22-15(14)18-12-7-11(12)9-3-5-10(17)6-4-9/h3-6,11-12,18H,2,7-8H2,1H3/t11-,12+/m0/s1. The van der Waals surface area contributed by atoms with Crippen LogP contribution in [0, 0.1) is 0 Å². The largest absolute Gasteiger partial charge is 0.470 e. The number of benzene rings is 1. The van der Waals surface area contributed by atoms with Crippen LogP contribution in [-0.2, 0) is 19.1 Å². The van der Waals surface area contributed by atoms with Gasteiger partial charge in [-0.2, -0.15) is 0 Å². The molecule has 22 heavy (non-hydrogen) atoms. The summed E-state index contributed by atoms with van der Waals surface area (Å²) in [5.74, 6) is -0.404. The van der Waals surface area contributed by atoms with Crippen molar-refractivity contribution in [2.24, 2.45) is 0 Å². The molecule has 2 aliphatic rings. The van der Waals surface area contributed by atoms with E-state index in [4.69, 9.17) is 21.1 Å². The molecule has 1 saturated carbocycles. The van der Waals surface area contributed by atoms with Crippen LogP contribution in [0.2, 0.25) is 5.02 Å². The second-order valence-corrected chi connectivity index (χ2v) is 5.72. The summed E-state index contributed by atoms with van der Waals surface area (Å²) in [6.07, 6.45) is 0.915. The van der Waals surface area contributed by atoms with Gasteiger partial charge < -0.3 is 14.8 Å². The molecule has 1 N–H and O–H groups in total. The molecule has 0 aromatic heterocycles. The number of ether oxygens (including phenoxy) is 2. The lowest BCUT2D eigenvalue weighted by atomic mass is 10.1. The van der Waals surface area contributed by atoms with E-state index in [2.05, 4.69) is 5.32 Å². The molecule has 3 rings (SSSR count). The van der Waals surface area contributed by atoms with Gasteiger partial charge in [0.2, 0.25) is 11.7 Å². The first-order valence-electron chi connectivity index (χ1n) is 7.19. The molecular formula is C16H16ClNO4. The van der Waals surface area contributed by atoms with E-state index in [1.54, 1.807) is 6.92 Å². The Balaban J connectivity index is 1.69. The quantitative estimate of drug-likeness (QED) is 0.665. The number of ketones is 1. The van der Waals surface area contributed by atoms with Crippen molar-refractivity contribution in [1.82, 2.24) is 5.32 Å². The molecule has 2 atom stereocenters. The molecule has 1 fully saturated rings. The molecule has 0 spiro atoms. The molecule has 1 aromatic rings. The molecule has 116 valence electrons. The normalized spacial score (nSPS) is 23.3. The van der Waals surface area contributed by atoms with Crippen molar-refractivity contribution in [1.29, 1.82) is 0 Å². The Labute approximate surface area is 133 Å². The van der Waals surface area contributed by atoms with E-state index in [1.165, 1.54) is 5.56 Å². The van der Waals surface area contributed by atoms with Crippen LogP contribution in [0.15, 0.2) is 35.7 Å². The van der Waals surface area contributed by atoms with Crippen molar-refractivity contribution >= 4 is 23.4 Å². The first kappa shape index (κ1) is 14.9. The van der Waals surface area contributed by atoms with Crippen molar-refractivity contribution in [2.45, 2.75) is 25.3 Å². The zero-order valence-electron chi connectivity index (χ0n) is 12.1. The number of hydrogen-bond donors (Lipinski definition) is 1. The summed E-state index contributed by atoms with van der Waals surface area (Å²) in [5.41, 5.74) is 1.16. The van der Waals surface area contributed by atoms with E-state index in [9.17, 15) is 9.59 Å². The van der Waals surface area contributed by atoms with Crippen molar-refractivity contribution in [3.05, 3.63) is 46.3 Å². The average Bonchev–Trinajstić information content (AvgIpc) is 3.15. The second kappa shape index (κ2) is 6.01. The zero-order valence-corrected chi connectivity index (χ0v) is 12.9. The van der Waals surface area contributed by atoms with Gasteiger partial charge in [0.05, 0.1) is 6.61 Å². The summed E-state index contributed by atoms with van der Waals surface area (Å²) in [6.45, 7) is 1.80. The highest BCUT2D eigenvalue weighted by atomic mass is 35.5. The van der Waals surface area contributed by atoms with Gasteiger partial charge in [-0.3, -0.25) is 4.79 Å². The highest BCUT2D eigenvalue weighted by molar-refractivity contribution is 6.30. The summed E-state index contributed by atoms with van der Waals surface area (Å²) in [6, 6.07) is 7.81. The number of Topliss-reactive ketones (excluding diaryl/α,β-unsaturated/α-hetero) is 1. The van der Waals surface area contributed by atoms with Crippen LogP contribution in [0.1, 0.15) is 24.8 Å². The van der Waals surface area contributed by atoms with Gasteiger partial charge >= 0.3 is 5.97 Å². The second-order valence-electron chi connectivity index (χ2n) is 5.28. The number of rotatable bonds is 5. The lowest BCUT2D eigenvalue weighted by Gasteiger charge is -2.08. The average molecular weight is 322 g/mol. The van der Waals surface area contributed by atoms with E-state index in [0.717, 1.165) is 6.42 Å². The van der Waals surface area contributed by atoms with Crippen molar-refractivity contribution in [3.8, 4) is 0 Å². The molecule has 1 aromatic carbocycles. The number of hydrogen-bond acceptors (Lipinski definition) is 5. The van der Waals surface area contributed by atoms with E-state index < -0.39 is 5.97 Å². The zero-order chi connectivity index (χ0) is 15.7. The number of carbonyl (C=O) groups is 2. The fourth-order valence-corrected chi connectivity index (χ4v) is 2.66. The number of halogens is 1. The molecular weight excluding hydrogens is 306 g/mol. The Morgan fingerprint density at radius 2 is 2.14 bits per heavy atom. The summed E-state index contributed by atoms with van der Waals surface area (Å²) >= 11 is 5.88. The van der Waals surface area contributed by atoms with Gasteiger partial charge in [0.25, 0.3) is 0 Å². The van der Waals surface area contributed by atoms with Gasteiger partial charge in [0.15, 0.2) is 12.2 Å². The van der Waals surface area contributed by atoms with Crippen molar-refractivity contribution in [2.75, 3.05) is 13.2 Å². The Morgan fingerprint density at radius 1 is 1.41 bits per heavy atom. The predicted molar refractivity (Wildman–Crippen MR) is 80.4 cm³/mol. The van der Waals surface area contributed by atoms with Gasteiger partial charge in [-0.25, -0.2) is 4.79 Å². The molecule has 0 amide bonds. The molecule has 0 saturated heterocycles. The Bertz CT molecular complexity index is 638. The lowest BCUT2D eigenvalue weighted by Crippen LogP contribution is -2.22. The molecule has 5 nitrogen and oxygen atoms in total. The van der Waals surface area contributed by atoms with E-state index in [0.29, 0.717) is 10.9 Å². The first-order valence-corrected chi connectivity index (χ1v) is 7.57. The molecule has 0 radical (unpaired) electrons. The highest BCUT2D eigenvalue weighted by Gasteiger charge is 2.42. The van der Waals surface area contributed by atoms with Crippen molar-refractivity contribution < 1.29 is 19.1 Å². The van der Waals surface area contributed by atoms with Gasteiger partial charge in [-0.15, -0.1) is 0 Å². The molecule has 1 aliphatic carbocycles. The van der Waals surface area contributed by atoms with Crippen LogP contribution in [0.5, 0.6) is 0 Å². The fourth-order valence-electron chi connectivity index (χ4n) is 2.53. The maximum atomic E-state index is 11.8. The molecule has 1 heterocycles. The highest BCUT2D eigenvalue weighted by Crippen LogP contribution is 2.42. The molecule has 0 unspecified atom stereocenters. The van der Waals surface area contributed by atoms with Gasteiger partial charge in [0, 0.05) is 17.0 Å². The number of esters is 1. The Kier molecular flexibility index (Phi) is 4.07. The lowest BCUT2D eigenvalue weighted by molar-refractivity contribution is -0.139. The first-order chi connectivity index (χ1) is 10.6. The van der Waals surface area contributed by atoms with Gasteiger partial charge in [0.1, 0.15) is 0 Å². The maximum absolute atomic E-state index is 11.8. The van der Waals surface area contributed by atoms with E-state index in [1.807, 2.05) is 24.3 Å². The minimum absolute atomic E-state index is 0.0105. The summed E-state index contributed by atoms with van der Waals surface area (Å²) in [4.78, 5) is 23.6. The number of nitrogens with one attached hydrogen (secondary N) is 1. The molecule has 0 bridgehead atoms. The van der Waals surface area contributed by atoms with Crippen LogP contribution in [0.25, 0.3) is 0 Å². The van der Waals surface area contributed by atoms with E-state index >= 15 is 0 Å². The SMILES string of the molecule is CCOC(=O)C1=C(N[C@@H]2C[C@H]2c2ccc(Cl)cc2)OCC1=O. The minimum Gasteiger partial charge on any atom is -0.470 e. The summed E-state index contributed by atoms with van der Waals surface area (Å²) in [5, 5.41) is 3.84. The summed E-state index contributed by atoms with van der Waals surface area (Å²) in [7, 11) is 0. The maximum Gasteiger partial charge on any atom is 0.347 e. The topological polar surface area (TPSA) is 64.6 Å². The smallest absolute Gasteiger partial charge is 0.347 e. The Morgan fingerprint density at radius 3 is 2.82 bits per heavy atom. The molecule has 6 heteroatoms. The molecule has 1 aliphatic heterocycles. The van der Waals surface area contributed by atoms with Gasteiger partial charge in [-0.05, 0) is 31.0 Å². The monoisotopic (exact) mass is 321 g/mol. The third kappa shape index (κ3) is 2.95. The number of carbonyl (C=O) groups excluding carboxylic acids is 2. The summed E-state index contributed by atoms with van der Waals surface area (Å²) < 4.78 is 10.2. The minimum atomic E-state index is -0.629. The van der Waals surface area contributed by atoms with Crippen LogP contribution < -0.4 is 5.32 Å². The van der Waals surface area contributed by atoms with Crippen LogP contribution in [-0.4, -0.2) is 31.0 Å². The van der Waals surface area contributed by atoms with Crippen LogP contribution >= 0.6 is 11.6 Å². The fraction of sp³-hybridized carbons (Fsp3) is 0.375. The van der Waals surface area contributed by atoms with E-state index in [-0.39, 0.29) is 36.5 Å². The van der Waals surface area contributed by atoms with Crippen LogP contribution in [0.4, 0.5) is 0 Å². The van der Waals surface area contributed by atoms with Crippen molar-refractivity contribution in [3.63, 3.8) is 0 Å². The third-order valence-corrected chi connectivity index (χ3v) is 3.99. The van der Waals surface area contributed by atoms with Gasteiger partial charge in [-0.1, -0.05) is 23.7 Å². The predicted octanol–water partition coefficient (Wildman–Crippen LogP) is 2.16.